The van der Waals surface area contributed by atoms with E-state index in [0.717, 1.165) is 24.9 Å². The first-order chi connectivity index (χ1) is 9.65. The zero-order valence-electron chi connectivity index (χ0n) is 11.5. The summed E-state index contributed by atoms with van der Waals surface area (Å²) >= 11 is 0. The molecule has 0 saturated carbocycles. The molecule has 3 N–H and O–H groups in total. The number of hydrogen-bond acceptors (Lipinski definition) is 3. The van der Waals surface area contributed by atoms with E-state index < -0.39 is 5.91 Å². The molecule has 20 heavy (non-hydrogen) atoms. The van der Waals surface area contributed by atoms with Crippen LogP contribution in [0.1, 0.15) is 24.8 Å². The molecule has 108 valence electrons. The second-order valence-electron chi connectivity index (χ2n) is 5.20. The minimum Gasteiger partial charge on any atom is -0.368 e. The first-order valence-corrected chi connectivity index (χ1v) is 6.98. The average molecular weight is 275 g/mol. The lowest BCUT2D eigenvalue weighted by Gasteiger charge is -2.23. The Labute approximate surface area is 119 Å². The molecule has 1 aromatic rings. The molecule has 1 fully saturated rings. The van der Waals surface area contributed by atoms with Gasteiger partial charge in [-0.1, -0.05) is 30.3 Å². The summed E-state index contributed by atoms with van der Waals surface area (Å²) in [4.78, 5) is 25.0. The fourth-order valence-corrected chi connectivity index (χ4v) is 2.49. The highest BCUT2D eigenvalue weighted by molar-refractivity contribution is 5.84. The van der Waals surface area contributed by atoms with Gasteiger partial charge >= 0.3 is 0 Å². The number of nitrogens with two attached hydrogens (primary N) is 1. The highest BCUT2D eigenvalue weighted by Gasteiger charge is 2.22. The Morgan fingerprint density at radius 2 is 2.05 bits per heavy atom. The summed E-state index contributed by atoms with van der Waals surface area (Å²) < 4.78 is 0. The van der Waals surface area contributed by atoms with E-state index in [-0.39, 0.29) is 18.5 Å². The van der Waals surface area contributed by atoms with Crippen LogP contribution in [0.5, 0.6) is 0 Å². The van der Waals surface area contributed by atoms with E-state index >= 15 is 0 Å². The normalized spacial score (nSPS) is 17.9. The van der Waals surface area contributed by atoms with E-state index in [4.69, 9.17) is 5.73 Å². The minimum absolute atomic E-state index is 0.0212. The number of carbonyl (C=O) groups excluding carboxylic acids is 2. The number of carbonyl (C=O) groups is 2. The number of nitrogens with one attached hydrogen (secondary N) is 1. The Morgan fingerprint density at radius 3 is 2.65 bits per heavy atom. The first kappa shape index (κ1) is 14.5. The standard InChI is InChI=1S/C15H21N3O2/c16-14(19)11-18(10-12-5-2-1-3-6-12)15(20)9-13-7-4-8-17-13/h1-3,5-6,13,17H,4,7-11H2,(H2,16,19). The third-order valence-corrected chi connectivity index (χ3v) is 3.50. The van der Waals surface area contributed by atoms with Crippen molar-refractivity contribution >= 4 is 11.8 Å². The molecule has 1 saturated heterocycles. The van der Waals surface area contributed by atoms with Crippen LogP contribution in [0.2, 0.25) is 0 Å². The van der Waals surface area contributed by atoms with Gasteiger partial charge in [0.1, 0.15) is 0 Å². The molecule has 0 aliphatic carbocycles. The highest BCUT2D eigenvalue weighted by Crippen LogP contribution is 2.12. The number of rotatable bonds is 6. The molecule has 1 aliphatic rings. The van der Waals surface area contributed by atoms with Gasteiger partial charge in [-0.2, -0.15) is 0 Å². The predicted octanol–water partition coefficient (Wildman–Crippen LogP) is 0.643. The van der Waals surface area contributed by atoms with Gasteiger partial charge < -0.3 is 16.0 Å². The molecular weight excluding hydrogens is 254 g/mol. The molecule has 1 atom stereocenters. The maximum atomic E-state index is 12.3. The van der Waals surface area contributed by atoms with Gasteiger partial charge in [0.05, 0.1) is 6.54 Å². The molecule has 1 aromatic carbocycles. The molecule has 1 unspecified atom stereocenters. The monoisotopic (exact) mass is 275 g/mol. The van der Waals surface area contributed by atoms with Gasteiger partial charge in [-0.3, -0.25) is 9.59 Å². The Hall–Kier alpha value is -1.88. The van der Waals surface area contributed by atoms with Crippen LogP contribution in [0.15, 0.2) is 30.3 Å². The molecule has 1 heterocycles. The molecule has 1 aliphatic heterocycles. The van der Waals surface area contributed by atoms with E-state index in [2.05, 4.69) is 5.32 Å². The quantitative estimate of drug-likeness (QED) is 0.800. The summed E-state index contributed by atoms with van der Waals surface area (Å²) in [6.07, 6.45) is 2.55. The van der Waals surface area contributed by atoms with Gasteiger partial charge in [0.15, 0.2) is 0 Å². The zero-order valence-corrected chi connectivity index (χ0v) is 11.5. The van der Waals surface area contributed by atoms with Gasteiger partial charge in [-0.05, 0) is 24.9 Å². The van der Waals surface area contributed by atoms with Crippen LogP contribution >= 0.6 is 0 Å². The summed E-state index contributed by atoms with van der Waals surface area (Å²) in [6.45, 7) is 1.36. The van der Waals surface area contributed by atoms with Gasteiger partial charge in [0.25, 0.3) is 0 Å². The molecule has 0 radical (unpaired) electrons. The fraction of sp³-hybridized carbons (Fsp3) is 0.467. The van der Waals surface area contributed by atoms with Crippen LogP contribution in [-0.2, 0) is 16.1 Å². The van der Waals surface area contributed by atoms with Crippen molar-refractivity contribution in [3.63, 3.8) is 0 Å². The van der Waals surface area contributed by atoms with Crippen molar-refractivity contribution in [1.29, 1.82) is 0 Å². The van der Waals surface area contributed by atoms with Crippen molar-refractivity contribution in [2.24, 2.45) is 5.73 Å². The molecule has 2 amide bonds. The molecule has 0 bridgehead atoms. The van der Waals surface area contributed by atoms with Crippen molar-refractivity contribution in [1.82, 2.24) is 10.2 Å². The van der Waals surface area contributed by atoms with Crippen molar-refractivity contribution in [2.75, 3.05) is 13.1 Å². The summed E-state index contributed by atoms with van der Waals surface area (Å²) in [5.74, 6) is -0.499. The number of hydrogen-bond donors (Lipinski definition) is 2. The summed E-state index contributed by atoms with van der Waals surface area (Å²) in [5.41, 5.74) is 6.25. The smallest absolute Gasteiger partial charge is 0.237 e. The van der Waals surface area contributed by atoms with E-state index in [1.165, 1.54) is 4.90 Å². The molecule has 0 aromatic heterocycles. The topological polar surface area (TPSA) is 75.4 Å². The predicted molar refractivity (Wildman–Crippen MR) is 76.7 cm³/mol. The Balaban J connectivity index is 1.98. The SMILES string of the molecule is NC(=O)CN(Cc1ccccc1)C(=O)CC1CCCN1. The Kier molecular flexibility index (Phi) is 5.12. The number of primary amides is 1. The number of amides is 2. The molecule has 5 heteroatoms. The van der Waals surface area contributed by atoms with E-state index in [1.807, 2.05) is 30.3 Å². The third-order valence-electron chi connectivity index (χ3n) is 3.50. The second-order valence-corrected chi connectivity index (χ2v) is 5.20. The lowest BCUT2D eigenvalue weighted by Crippen LogP contribution is -2.40. The van der Waals surface area contributed by atoms with Gasteiger partial charge in [-0.15, -0.1) is 0 Å². The van der Waals surface area contributed by atoms with Gasteiger partial charge in [0, 0.05) is 19.0 Å². The first-order valence-electron chi connectivity index (χ1n) is 6.98. The van der Waals surface area contributed by atoms with Crippen LogP contribution in [0, 0.1) is 0 Å². The lowest BCUT2D eigenvalue weighted by molar-refractivity contribution is -0.136. The van der Waals surface area contributed by atoms with Crippen LogP contribution in [0.25, 0.3) is 0 Å². The van der Waals surface area contributed by atoms with E-state index in [9.17, 15) is 9.59 Å². The van der Waals surface area contributed by atoms with Crippen molar-refractivity contribution in [3.8, 4) is 0 Å². The van der Waals surface area contributed by atoms with Crippen LogP contribution in [0.4, 0.5) is 0 Å². The van der Waals surface area contributed by atoms with Crippen molar-refractivity contribution in [3.05, 3.63) is 35.9 Å². The molecule has 0 spiro atoms. The van der Waals surface area contributed by atoms with Gasteiger partial charge in [0.2, 0.25) is 11.8 Å². The summed E-state index contributed by atoms with van der Waals surface area (Å²) in [7, 11) is 0. The third kappa shape index (κ3) is 4.35. The molecule has 5 nitrogen and oxygen atoms in total. The maximum Gasteiger partial charge on any atom is 0.237 e. The van der Waals surface area contributed by atoms with Gasteiger partial charge in [-0.25, -0.2) is 0 Å². The van der Waals surface area contributed by atoms with E-state index in [1.54, 1.807) is 0 Å². The Bertz CT molecular complexity index is 455. The number of benzene rings is 1. The van der Waals surface area contributed by atoms with Crippen molar-refractivity contribution in [2.45, 2.75) is 31.8 Å². The largest absolute Gasteiger partial charge is 0.368 e. The number of nitrogens with zero attached hydrogens (tertiary/aromatic N) is 1. The highest BCUT2D eigenvalue weighted by atomic mass is 16.2. The zero-order chi connectivity index (χ0) is 14.4. The van der Waals surface area contributed by atoms with Crippen LogP contribution in [-0.4, -0.2) is 35.8 Å². The fourth-order valence-electron chi connectivity index (χ4n) is 2.49. The lowest BCUT2D eigenvalue weighted by atomic mass is 10.1. The molecular formula is C15H21N3O2. The Morgan fingerprint density at radius 1 is 1.30 bits per heavy atom. The maximum absolute atomic E-state index is 12.3. The van der Waals surface area contributed by atoms with Crippen LogP contribution in [0.3, 0.4) is 0 Å². The van der Waals surface area contributed by atoms with Crippen LogP contribution < -0.4 is 11.1 Å². The molecule has 2 rings (SSSR count). The second kappa shape index (κ2) is 7.05. The minimum atomic E-state index is -0.478. The summed E-state index contributed by atoms with van der Waals surface area (Å²) in [5, 5.41) is 3.30. The average Bonchev–Trinajstić information content (AvgIpc) is 2.91. The van der Waals surface area contributed by atoms with E-state index in [0.29, 0.717) is 13.0 Å². The van der Waals surface area contributed by atoms with Crippen molar-refractivity contribution < 1.29 is 9.59 Å². The summed E-state index contributed by atoms with van der Waals surface area (Å²) in [6, 6.07) is 9.87.